The molecule has 2 fully saturated rings. The second-order valence-corrected chi connectivity index (χ2v) is 6.78. The first-order valence-electron chi connectivity index (χ1n) is 9.24. The van der Waals surface area contributed by atoms with E-state index >= 15 is 0 Å². The smallest absolute Gasteiger partial charge is 0.232 e. The van der Waals surface area contributed by atoms with Crippen LogP contribution in [0.3, 0.4) is 0 Å². The van der Waals surface area contributed by atoms with Crippen LogP contribution >= 0.6 is 0 Å². The van der Waals surface area contributed by atoms with Gasteiger partial charge in [-0.15, -0.1) is 0 Å². The molecule has 0 atom stereocenters. The minimum absolute atomic E-state index is 0.271. The fourth-order valence-corrected chi connectivity index (χ4v) is 3.44. The monoisotopic (exact) mass is 343 g/mol. The molecule has 2 aliphatic rings. The molecule has 0 aliphatic carbocycles. The Hall–Kier alpha value is -1.76. The van der Waals surface area contributed by atoms with Gasteiger partial charge in [0.1, 0.15) is 0 Å². The van der Waals surface area contributed by atoms with Gasteiger partial charge in [0.15, 0.2) is 6.29 Å². The molecule has 0 saturated carbocycles. The number of rotatable bonds is 5. The molecule has 1 aromatic carbocycles. The molecule has 0 amide bonds. The number of ether oxygens (including phenoxy) is 2. The first-order valence-corrected chi connectivity index (χ1v) is 9.24. The lowest BCUT2D eigenvalue weighted by Gasteiger charge is -2.26. The largest absolute Gasteiger partial charge is 0.352 e. The lowest BCUT2D eigenvalue weighted by Crippen LogP contribution is -2.29. The molecule has 3 heterocycles. The first kappa shape index (κ1) is 16.7. The van der Waals surface area contributed by atoms with E-state index in [1.54, 1.807) is 0 Å². The SMILES string of the molecule is c1cc(CN2CCCCC2)cc(-c2noc(CC3OCCCO3)n2)c1. The Bertz CT molecular complexity index is 676. The Morgan fingerprint density at radius 2 is 1.88 bits per heavy atom. The molecule has 6 nitrogen and oxygen atoms in total. The molecule has 1 aromatic heterocycles. The van der Waals surface area contributed by atoms with Gasteiger partial charge < -0.3 is 14.0 Å². The van der Waals surface area contributed by atoms with Gasteiger partial charge >= 0.3 is 0 Å². The Balaban J connectivity index is 1.41. The van der Waals surface area contributed by atoms with E-state index < -0.39 is 0 Å². The molecule has 4 rings (SSSR count). The topological polar surface area (TPSA) is 60.6 Å². The van der Waals surface area contributed by atoms with E-state index in [2.05, 4.69) is 33.2 Å². The standard InChI is InChI=1S/C19H25N3O3/c1-2-8-22(9-3-1)14-15-6-4-7-16(12-15)19-20-17(25-21-19)13-18-23-10-5-11-24-18/h4,6-7,12,18H,1-3,5,8-11,13-14H2. The predicted octanol–water partition coefficient (Wildman–Crippen LogP) is 3.03. The van der Waals surface area contributed by atoms with Crippen LogP contribution in [-0.2, 0) is 22.4 Å². The minimum atomic E-state index is -0.271. The number of benzene rings is 1. The molecule has 2 saturated heterocycles. The molecular weight excluding hydrogens is 318 g/mol. The summed E-state index contributed by atoms with van der Waals surface area (Å²) in [6.45, 7) is 4.83. The maximum absolute atomic E-state index is 5.54. The highest BCUT2D eigenvalue weighted by molar-refractivity contribution is 5.55. The molecule has 25 heavy (non-hydrogen) atoms. The Morgan fingerprint density at radius 3 is 2.72 bits per heavy atom. The van der Waals surface area contributed by atoms with Gasteiger partial charge in [0.25, 0.3) is 0 Å². The van der Waals surface area contributed by atoms with Gasteiger partial charge in [-0.2, -0.15) is 4.98 Å². The molecule has 2 aromatic rings. The maximum Gasteiger partial charge on any atom is 0.232 e. The Kier molecular flexibility index (Phi) is 5.40. The number of aromatic nitrogens is 2. The summed E-state index contributed by atoms with van der Waals surface area (Å²) in [6.07, 6.45) is 5.14. The summed E-state index contributed by atoms with van der Waals surface area (Å²) in [4.78, 5) is 7.03. The normalized spacial score (nSPS) is 20.0. The summed E-state index contributed by atoms with van der Waals surface area (Å²) < 4.78 is 16.5. The van der Waals surface area contributed by atoms with Crippen molar-refractivity contribution in [3.05, 3.63) is 35.7 Å². The van der Waals surface area contributed by atoms with Crippen LogP contribution in [0.1, 0.15) is 37.1 Å². The van der Waals surface area contributed by atoms with E-state index in [0.717, 1.165) is 31.7 Å². The Morgan fingerprint density at radius 1 is 1.04 bits per heavy atom. The zero-order valence-electron chi connectivity index (χ0n) is 14.5. The predicted molar refractivity (Wildman–Crippen MR) is 92.9 cm³/mol. The third-order valence-electron chi connectivity index (χ3n) is 4.75. The van der Waals surface area contributed by atoms with Gasteiger partial charge in [-0.25, -0.2) is 0 Å². The van der Waals surface area contributed by atoms with Crippen LogP contribution in [0, 0.1) is 0 Å². The first-order chi connectivity index (χ1) is 12.4. The van der Waals surface area contributed by atoms with Crippen molar-refractivity contribution >= 4 is 0 Å². The Labute approximate surface area is 148 Å². The van der Waals surface area contributed by atoms with Crippen molar-refractivity contribution in [2.24, 2.45) is 0 Å². The van der Waals surface area contributed by atoms with Crippen LogP contribution in [0.5, 0.6) is 0 Å². The summed E-state index contributed by atoms with van der Waals surface area (Å²) in [5.74, 6) is 1.19. The molecule has 0 radical (unpaired) electrons. The lowest BCUT2D eigenvalue weighted by molar-refractivity contribution is -0.179. The number of nitrogens with zero attached hydrogens (tertiary/aromatic N) is 3. The van der Waals surface area contributed by atoms with Crippen molar-refractivity contribution in [3.8, 4) is 11.4 Å². The molecule has 6 heteroatoms. The second-order valence-electron chi connectivity index (χ2n) is 6.78. The van der Waals surface area contributed by atoms with E-state index in [1.807, 2.05) is 6.07 Å². The number of likely N-dealkylation sites (tertiary alicyclic amines) is 1. The van der Waals surface area contributed by atoms with Crippen molar-refractivity contribution < 1.29 is 14.0 Å². The van der Waals surface area contributed by atoms with Gasteiger partial charge in [0.05, 0.1) is 19.6 Å². The van der Waals surface area contributed by atoms with E-state index in [9.17, 15) is 0 Å². The van der Waals surface area contributed by atoms with E-state index in [1.165, 1.54) is 37.9 Å². The minimum Gasteiger partial charge on any atom is -0.352 e. The third kappa shape index (κ3) is 4.45. The van der Waals surface area contributed by atoms with E-state index in [0.29, 0.717) is 18.1 Å². The summed E-state index contributed by atoms with van der Waals surface area (Å²) >= 11 is 0. The zero-order valence-corrected chi connectivity index (χ0v) is 14.5. The van der Waals surface area contributed by atoms with Crippen LogP contribution in [0.2, 0.25) is 0 Å². The van der Waals surface area contributed by atoms with Crippen molar-refractivity contribution in [2.75, 3.05) is 26.3 Å². The fraction of sp³-hybridized carbons (Fsp3) is 0.579. The summed E-state index contributed by atoms with van der Waals surface area (Å²) in [5.41, 5.74) is 2.29. The van der Waals surface area contributed by atoms with E-state index in [-0.39, 0.29) is 6.29 Å². The fourth-order valence-electron chi connectivity index (χ4n) is 3.44. The van der Waals surface area contributed by atoms with Crippen LogP contribution in [0.15, 0.2) is 28.8 Å². The van der Waals surface area contributed by atoms with Crippen LogP contribution < -0.4 is 0 Å². The van der Waals surface area contributed by atoms with E-state index in [4.69, 9.17) is 14.0 Å². The highest BCUT2D eigenvalue weighted by atomic mass is 16.7. The number of hydrogen-bond acceptors (Lipinski definition) is 6. The van der Waals surface area contributed by atoms with Crippen molar-refractivity contribution in [1.29, 1.82) is 0 Å². The molecule has 0 unspecified atom stereocenters. The lowest BCUT2D eigenvalue weighted by atomic mass is 10.1. The van der Waals surface area contributed by atoms with Gasteiger partial charge in [0, 0.05) is 12.1 Å². The van der Waals surface area contributed by atoms with Gasteiger partial charge in [0.2, 0.25) is 11.7 Å². The number of hydrogen-bond donors (Lipinski definition) is 0. The van der Waals surface area contributed by atoms with Crippen LogP contribution in [0.4, 0.5) is 0 Å². The van der Waals surface area contributed by atoms with Crippen LogP contribution in [0.25, 0.3) is 11.4 Å². The van der Waals surface area contributed by atoms with Crippen molar-refractivity contribution in [3.63, 3.8) is 0 Å². The average Bonchev–Trinajstić information content (AvgIpc) is 3.12. The number of piperidine rings is 1. The third-order valence-corrected chi connectivity index (χ3v) is 4.75. The average molecular weight is 343 g/mol. The van der Waals surface area contributed by atoms with Crippen molar-refractivity contribution in [2.45, 2.75) is 44.9 Å². The van der Waals surface area contributed by atoms with Crippen molar-refractivity contribution in [1.82, 2.24) is 15.0 Å². The van der Waals surface area contributed by atoms with Gasteiger partial charge in [-0.05, 0) is 44.0 Å². The molecule has 2 aliphatic heterocycles. The summed E-state index contributed by atoms with van der Waals surface area (Å²) in [7, 11) is 0. The highest BCUT2D eigenvalue weighted by Crippen LogP contribution is 2.21. The molecule has 0 spiro atoms. The van der Waals surface area contributed by atoms with Gasteiger partial charge in [-0.1, -0.05) is 29.8 Å². The second kappa shape index (κ2) is 8.08. The summed E-state index contributed by atoms with van der Waals surface area (Å²) in [6, 6.07) is 8.43. The maximum atomic E-state index is 5.54. The molecule has 0 bridgehead atoms. The summed E-state index contributed by atoms with van der Waals surface area (Å²) in [5, 5.41) is 4.13. The molecule has 134 valence electrons. The van der Waals surface area contributed by atoms with Gasteiger partial charge in [-0.3, -0.25) is 4.90 Å². The van der Waals surface area contributed by atoms with Crippen LogP contribution in [-0.4, -0.2) is 47.6 Å². The quantitative estimate of drug-likeness (QED) is 0.832. The molecular formula is C19H25N3O3. The highest BCUT2D eigenvalue weighted by Gasteiger charge is 2.19. The zero-order chi connectivity index (χ0) is 16.9. The molecule has 0 N–H and O–H groups in total.